The molecule has 1 aliphatic rings. The molecule has 0 spiro atoms. The van der Waals surface area contributed by atoms with Crippen LogP contribution in [0.5, 0.6) is 5.75 Å². The van der Waals surface area contributed by atoms with Crippen LogP contribution in [0.2, 0.25) is 0 Å². The van der Waals surface area contributed by atoms with Gasteiger partial charge in [-0.1, -0.05) is 19.3 Å². The molecule has 0 saturated heterocycles. The van der Waals surface area contributed by atoms with Crippen molar-refractivity contribution >= 4 is 29.6 Å². The van der Waals surface area contributed by atoms with Gasteiger partial charge < -0.3 is 15.4 Å². The Morgan fingerprint density at radius 2 is 1.66 bits per heavy atom. The summed E-state index contributed by atoms with van der Waals surface area (Å²) in [5.74, 6) is -1.94. The van der Waals surface area contributed by atoms with Gasteiger partial charge in [-0.3, -0.25) is 14.4 Å². The highest BCUT2D eigenvalue weighted by atomic mass is 19.1. The van der Waals surface area contributed by atoms with Crippen LogP contribution < -0.4 is 20.8 Å². The summed E-state index contributed by atoms with van der Waals surface area (Å²) < 4.78 is 18.4. The highest BCUT2D eigenvalue weighted by molar-refractivity contribution is 6.39. The quantitative estimate of drug-likeness (QED) is 0.349. The van der Waals surface area contributed by atoms with Crippen molar-refractivity contribution in [3.63, 3.8) is 0 Å². The zero-order valence-electron chi connectivity index (χ0n) is 17.5. The molecule has 0 unspecified atom stereocenters. The molecule has 0 heterocycles. The molecule has 0 aliphatic heterocycles. The minimum absolute atomic E-state index is 0.0524. The highest BCUT2D eigenvalue weighted by Gasteiger charge is 2.16. The number of ether oxygens (including phenoxy) is 1. The number of hydrogen-bond acceptors (Lipinski definition) is 5. The van der Waals surface area contributed by atoms with E-state index in [0.29, 0.717) is 17.0 Å². The number of anilines is 1. The standard InChI is InChI=1S/C23H25FN4O4/c24-17-8-10-19(11-9-17)27-22(30)23(31)28-25-14-16-6-12-20(13-7-16)32-15-21(29)26-18-4-2-1-3-5-18/h6-14,18H,1-5,15H2,(H,26,29)(H,27,30)(H,28,31)/b25-14-. The fourth-order valence-electron chi connectivity index (χ4n) is 3.25. The number of benzene rings is 2. The second-order valence-corrected chi connectivity index (χ2v) is 7.42. The molecule has 3 N–H and O–H groups in total. The molecule has 0 bridgehead atoms. The number of hydrogen-bond donors (Lipinski definition) is 3. The first-order chi connectivity index (χ1) is 15.5. The van der Waals surface area contributed by atoms with E-state index in [0.717, 1.165) is 25.7 Å². The van der Waals surface area contributed by atoms with Crippen molar-refractivity contribution in [2.45, 2.75) is 38.1 Å². The third-order valence-electron chi connectivity index (χ3n) is 4.91. The first kappa shape index (κ1) is 22.9. The molecular weight excluding hydrogens is 415 g/mol. The molecule has 9 heteroatoms. The van der Waals surface area contributed by atoms with Crippen LogP contribution in [-0.2, 0) is 14.4 Å². The summed E-state index contributed by atoms with van der Waals surface area (Å²) in [4.78, 5) is 35.6. The number of carbonyl (C=O) groups excluding carboxylic acids is 3. The van der Waals surface area contributed by atoms with E-state index in [1.165, 1.54) is 36.9 Å². The summed E-state index contributed by atoms with van der Waals surface area (Å²) in [5, 5.41) is 9.06. The maximum Gasteiger partial charge on any atom is 0.329 e. The average molecular weight is 440 g/mol. The van der Waals surface area contributed by atoms with Crippen molar-refractivity contribution in [2.24, 2.45) is 5.10 Å². The third kappa shape index (κ3) is 7.50. The molecule has 2 aromatic carbocycles. The molecule has 3 rings (SSSR count). The first-order valence-corrected chi connectivity index (χ1v) is 10.4. The van der Waals surface area contributed by atoms with Crippen molar-refractivity contribution in [1.82, 2.24) is 10.7 Å². The van der Waals surface area contributed by atoms with Gasteiger partial charge in [0.15, 0.2) is 6.61 Å². The molecule has 3 amide bonds. The minimum Gasteiger partial charge on any atom is -0.484 e. The average Bonchev–Trinajstić information content (AvgIpc) is 2.80. The number of hydrazone groups is 1. The summed E-state index contributed by atoms with van der Waals surface area (Å²) in [5.41, 5.74) is 3.06. The Morgan fingerprint density at radius 1 is 0.969 bits per heavy atom. The van der Waals surface area contributed by atoms with Crippen LogP contribution in [0.3, 0.4) is 0 Å². The fourth-order valence-corrected chi connectivity index (χ4v) is 3.25. The van der Waals surface area contributed by atoms with Crippen LogP contribution in [0.4, 0.5) is 10.1 Å². The van der Waals surface area contributed by atoms with Gasteiger partial charge >= 0.3 is 11.8 Å². The Labute approximate surface area is 185 Å². The van der Waals surface area contributed by atoms with Gasteiger partial charge in [0.25, 0.3) is 5.91 Å². The zero-order valence-corrected chi connectivity index (χ0v) is 17.5. The Hall–Kier alpha value is -3.75. The van der Waals surface area contributed by atoms with Gasteiger partial charge in [0, 0.05) is 11.7 Å². The van der Waals surface area contributed by atoms with E-state index in [9.17, 15) is 18.8 Å². The monoisotopic (exact) mass is 440 g/mol. The van der Waals surface area contributed by atoms with Gasteiger partial charge in [-0.2, -0.15) is 5.10 Å². The van der Waals surface area contributed by atoms with E-state index in [1.54, 1.807) is 24.3 Å². The number of nitrogens with zero attached hydrogens (tertiary/aromatic N) is 1. The highest BCUT2D eigenvalue weighted by Crippen LogP contribution is 2.17. The van der Waals surface area contributed by atoms with Crippen LogP contribution in [0.15, 0.2) is 53.6 Å². The Bertz CT molecular complexity index is 955. The van der Waals surface area contributed by atoms with Crippen molar-refractivity contribution in [2.75, 3.05) is 11.9 Å². The molecular formula is C23H25FN4O4. The zero-order chi connectivity index (χ0) is 22.8. The third-order valence-corrected chi connectivity index (χ3v) is 4.91. The van der Waals surface area contributed by atoms with Gasteiger partial charge in [0.05, 0.1) is 6.21 Å². The number of amides is 3. The molecule has 0 aromatic heterocycles. The van der Waals surface area contributed by atoms with Crippen molar-refractivity contribution in [3.8, 4) is 5.75 Å². The van der Waals surface area contributed by atoms with Crippen molar-refractivity contribution in [3.05, 3.63) is 59.9 Å². The predicted molar refractivity (Wildman–Crippen MR) is 118 cm³/mol. The van der Waals surface area contributed by atoms with Crippen molar-refractivity contribution < 1.29 is 23.5 Å². The van der Waals surface area contributed by atoms with Gasteiger partial charge in [-0.05, 0) is 66.9 Å². The van der Waals surface area contributed by atoms with Crippen LogP contribution in [0.1, 0.15) is 37.7 Å². The second-order valence-electron chi connectivity index (χ2n) is 7.42. The van der Waals surface area contributed by atoms with E-state index in [2.05, 4.69) is 21.2 Å². The molecule has 0 atom stereocenters. The molecule has 1 saturated carbocycles. The number of rotatable bonds is 7. The lowest BCUT2D eigenvalue weighted by Gasteiger charge is -2.22. The summed E-state index contributed by atoms with van der Waals surface area (Å²) in [7, 11) is 0. The summed E-state index contributed by atoms with van der Waals surface area (Å²) in [6.07, 6.45) is 6.92. The Balaban J connectivity index is 1.39. The molecule has 2 aromatic rings. The smallest absolute Gasteiger partial charge is 0.329 e. The van der Waals surface area contributed by atoms with E-state index < -0.39 is 17.6 Å². The van der Waals surface area contributed by atoms with Gasteiger partial charge in [0.1, 0.15) is 11.6 Å². The Morgan fingerprint density at radius 3 is 2.34 bits per heavy atom. The van der Waals surface area contributed by atoms with Gasteiger partial charge in [0.2, 0.25) is 0 Å². The number of nitrogens with one attached hydrogen (secondary N) is 3. The maximum atomic E-state index is 12.9. The second kappa shape index (κ2) is 11.6. The van der Waals surface area contributed by atoms with Crippen LogP contribution in [0, 0.1) is 5.82 Å². The Kier molecular flexibility index (Phi) is 8.30. The van der Waals surface area contributed by atoms with Crippen LogP contribution in [-0.4, -0.2) is 36.6 Å². The predicted octanol–water partition coefficient (Wildman–Crippen LogP) is 2.74. The molecule has 1 aliphatic carbocycles. The lowest BCUT2D eigenvalue weighted by Crippen LogP contribution is -2.38. The summed E-state index contributed by atoms with van der Waals surface area (Å²) >= 11 is 0. The van der Waals surface area contributed by atoms with Crippen LogP contribution >= 0.6 is 0 Å². The largest absolute Gasteiger partial charge is 0.484 e. The molecule has 0 radical (unpaired) electrons. The van der Waals surface area contributed by atoms with E-state index in [-0.39, 0.29) is 18.6 Å². The van der Waals surface area contributed by atoms with Gasteiger partial charge in [-0.15, -0.1) is 0 Å². The number of carbonyl (C=O) groups is 3. The topological polar surface area (TPSA) is 109 Å². The summed E-state index contributed by atoms with van der Waals surface area (Å²) in [6.45, 7) is -0.0524. The van der Waals surface area contributed by atoms with E-state index >= 15 is 0 Å². The first-order valence-electron chi connectivity index (χ1n) is 10.4. The lowest BCUT2D eigenvalue weighted by atomic mass is 9.95. The van der Waals surface area contributed by atoms with E-state index in [4.69, 9.17) is 4.74 Å². The lowest BCUT2D eigenvalue weighted by molar-refractivity contribution is -0.136. The maximum absolute atomic E-state index is 12.9. The minimum atomic E-state index is -0.963. The summed E-state index contributed by atoms with van der Waals surface area (Å²) in [6, 6.07) is 12.0. The van der Waals surface area contributed by atoms with Crippen LogP contribution in [0.25, 0.3) is 0 Å². The van der Waals surface area contributed by atoms with Crippen molar-refractivity contribution in [1.29, 1.82) is 0 Å². The fraction of sp³-hybridized carbons (Fsp3) is 0.304. The molecule has 168 valence electrons. The number of halogens is 1. The van der Waals surface area contributed by atoms with E-state index in [1.807, 2.05) is 0 Å². The molecule has 1 fully saturated rings. The molecule has 8 nitrogen and oxygen atoms in total. The SMILES string of the molecule is O=C(COc1ccc(/C=N\NC(=O)C(=O)Nc2ccc(F)cc2)cc1)NC1CCCCC1. The van der Waals surface area contributed by atoms with Gasteiger partial charge in [-0.25, -0.2) is 9.82 Å². The molecule has 32 heavy (non-hydrogen) atoms. The normalized spacial score (nSPS) is 14.0.